The normalized spacial score (nSPS) is 11.8. The van der Waals surface area contributed by atoms with Crippen molar-refractivity contribution in [2.45, 2.75) is 18.0 Å². The van der Waals surface area contributed by atoms with Crippen LogP contribution in [0.25, 0.3) is 0 Å². The highest BCUT2D eigenvalue weighted by molar-refractivity contribution is 7.89. The maximum absolute atomic E-state index is 12.9. The van der Waals surface area contributed by atoms with Gasteiger partial charge in [0, 0.05) is 13.6 Å². The van der Waals surface area contributed by atoms with Crippen LogP contribution < -0.4 is 0 Å². The molecule has 0 spiro atoms. The molecule has 0 aromatic heterocycles. The van der Waals surface area contributed by atoms with Gasteiger partial charge in [0.15, 0.2) is 0 Å². The van der Waals surface area contributed by atoms with Gasteiger partial charge in [0.25, 0.3) is 0 Å². The zero-order valence-corrected chi connectivity index (χ0v) is 12.3. The Morgan fingerprint density at radius 3 is 2.33 bits per heavy atom. The predicted molar refractivity (Wildman–Crippen MR) is 77.4 cm³/mol. The lowest BCUT2D eigenvalue weighted by Gasteiger charge is -2.19. The standard InChI is InChI=1S/C15H16FNO3S/c1-17(10-12-6-8-14(16)9-7-12)21(19,20)15-5-3-2-4-13(15)11-18/h2-9,18H,10-11H2,1H3. The number of benzene rings is 2. The number of hydrogen-bond acceptors (Lipinski definition) is 3. The number of hydrogen-bond donors (Lipinski definition) is 1. The van der Waals surface area contributed by atoms with Gasteiger partial charge in [-0.3, -0.25) is 0 Å². The van der Waals surface area contributed by atoms with E-state index in [0.29, 0.717) is 11.1 Å². The van der Waals surface area contributed by atoms with Crippen LogP contribution in [0.4, 0.5) is 4.39 Å². The summed E-state index contributed by atoms with van der Waals surface area (Å²) < 4.78 is 39.1. The van der Waals surface area contributed by atoms with Crippen molar-refractivity contribution in [1.29, 1.82) is 0 Å². The minimum atomic E-state index is -3.71. The van der Waals surface area contributed by atoms with Crippen molar-refractivity contribution >= 4 is 10.0 Å². The Balaban J connectivity index is 2.28. The summed E-state index contributed by atoms with van der Waals surface area (Å²) in [5.74, 6) is -0.366. The molecule has 0 aliphatic carbocycles. The molecular weight excluding hydrogens is 293 g/mol. The van der Waals surface area contributed by atoms with Crippen LogP contribution in [-0.2, 0) is 23.2 Å². The van der Waals surface area contributed by atoms with E-state index in [1.807, 2.05) is 0 Å². The second-order valence-corrected chi connectivity index (χ2v) is 6.67. The Kier molecular flexibility index (Phi) is 4.72. The fourth-order valence-corrected chi connectivity index (χ4v) is 3.36. The SMILES string of the molecule is CN(Cc1ccc(F)cc1)S(=O)(=O)c1ccccc1CO. The van der Waals surface area contributed by atoms with Crippen LogP contribution in [-0.4, -0.2) is 24.9 Å². The molecule has 4 nitrogen and oxygen atoms in total. The molecule has 21 heavy (non-hydrogen) atoms. The second kappa shape index (κ2) is 6.34. The van der Waals surface area contributed by atoms with Gasteiger partial charge in [0.2, 0.25) is 10.0 Å². The Labute approximate surface area is 123 Å². The monoisotopic (exact) mass is 309 g/mol. The van der Waals surface area contributed by atoms with Crippen LogP contribution in [0.5, 0.6) is 0 Å². The van der Waals surface area contributed by atoms with Gasteiger partial charge in [-0.25, -0.2) is 12.8 Å². The number of sulfonamides is 1. The molecule has 2 aromatic carbocycles. The van der Waals surface area contributed by atoms with Gasteiger partial charge >= 0.3 is 0 Å². The van der Waals surface area contributed by atoms with Crippen LogP contribution in [0.15, 0.2) is 53.4 Å². The first-order chi connectivity index (χ1) is 9.95. The van der Waals surface area contributed by atoms with Gasteiger partial charge in [0.1, 0.15) is 5.82 Å². The topological polar surface area (TPSA) is 57.6 Å². The van der Waals surface area contributed by atoms with Gasteiger partial charge in [-0.05, 0) is 29.3 Å². The van der Waals surface area contributed by atoms with Crippen LogP contribution >= 0.6 is 0 Å². The van der Waals surface area contributed by atoms with Gasteiger partial charge in [-0.1, -0.05) is 30.3 Å². The lowest BCUT2D eigenvalue weighted by molar-refractivity contribution is 0.278. The average Bonchev–Trinajstić information content (AvgIpc) is 2.49. The lowest BCUT2D eigenvalue weighted by Crippen LogP contribution is -2.27. The number of aliphatic hydroxyl groups excluding tert-OH is 1. The van der Waals surface area contributed by atoms with E-state index in [0.717, 1.165) is 0 Å². The highest BCUT2D eigenvalue weighted by atomic mass is 32.2. The van der Waals surface area contributed by atoms with E-state index >= 15 is 0 Å². The van der Waals surface area contributed by atoms with E-state index < -0.39 is 10.0 Å². The fourth-order valence-electron chi connectivity index (χ4n) is 1.99. The van der Waals surface area contributed by atoms with Crippen LogP contribution in [0, 0.1) is 5.82 Å². The summed E-state index contributed by atoms with van der Waals surface area (Å²) in [7, 11) is -2.26. The quantitative estimate of drug-likeness (QED) is 0.920. The van der Waals surface area contributed by atoms with Crippen molar-refractivity contribution in [2.75, 3.05) is 7.05 Å². The van der Waals surface area contributed by atoms with E-state index in [4.69, 9.17) is 0 Å². The van der Waals surface area contributed by atoms with Gasteiger partial charge < -0.3 is 5.11 Å². The first kappa shape index (κ1) is 15.6. The number of rotatable bonds is 5. The lowest BCUT2D eigenvalue weighted by atomic mass is 10.2. The van der Waals surface area contributed by atoms with Gasteiger partial charge in [0.05, 0.1) is 11.5 Å². The molecule has 0 fully saturated rings. The molecule has 112 valence electrons. The third kappa shape index (κ3) is 3.47. The van der Waals surface area contributed by atoms with Crippen molar-refractivity contribution in [3.05, 3.63) is 65.5 Å². The number of aliphatic hydroxyl groups is 1. The number of nitrogens with zero attached hydrogens (tertiary/aromatic N) is 1. The molecule has 0 amide bonds. The summed E-state index contributed by atoms with van der Waals surface area (Å²) in [5.41, 5.74) is 1.03. The molecule has 0 atom stereocenters. The first-order valence-electron chi connectivity index (χ1n) is 6.34. The first-order valence-corrected chi connectivity index (χ1v) is 7.78. The molecule has 0 aliphatic heterocycles. The maximum atomic E-state index is 12.9. The van der Waals surface area contributed by atoms with Crippen LogP contribution in [0.3, 0.4) is 0 Å². The Morgan fingerprint density at radius 2 is 1.71 bits per heavy atom. The molecule has 0 bridgehead atoms. The molecule has 0 unspecified atom stereocenters. The smallest absolute Gasteiger partial charge is 0.243 e. The second-order valence-electron chi connectivity index (χ2n) is 4.65. The summed E-state index contributed by atoms with van der Waals surface area (Å²) >= 11 is 0. The molecule has 1 N–H and O–H groups in total. The number of halogens is 1. The molecule has 2 aromatic rings. The molecule has 0 radical (unpaired) electrons. The van der Waals surface area contributed by atoms with Crippen molar-refractivity contribution in [2.24, 2.45) is 0 Å². The molecular formula is C15H16FNO3S. The Morgan fingerprint density at radius 1 is 1.10 bits per heavy atom. The van der Waals surface area contributed by atoms with Crippen molar-refractivity contribution < 1.29 is 17.9 Å². The molecule has 0 saturated heterocycles. The van der Waals surface area contributed by atoms with E-state index in [1.54, 1.807) is 30.3 Å². The summed E-state index contributed by atoms with van der Waals surface area (Å²) in [5, 5.41) is 9.26. The Hall–Kier alpha value is -1.76. The van der Waals surface area contributed by atoms with Crippen molar-refractivity contribution in [1.82, 2.24) is 4.31 Å². The van der Waals surface area contributed by atoms with E-state index in [-0.39, 0.29) is 23.9 Å². The molecule has 2 rings (SSSR count). The fraction of sp³-hybridized carbons (Fsp3) is 0.200. The molecule has 0 heterocycles. The summed E-state index contributed by atoms with van der Waals surface area (Å²) in [4.78, 5) is 0.0807. The highest BCUT2D eigenvalue weighted by Gasteiger charge is 2.23. The molecule has 6 heteroatoms. The third-order valence-electron chi connectivity index (χ3n) is 3.15. The highest BCUT2D eigenvalue weighted by Crippen LogP contribution is 2.21. The van der Waals surface area contributed by atoms with Crippen LogP contribution in [0.2, 0.25) is 0 Å². The molecule has 0 aliphatic rings. The minimum absolute atomic E-state index is 0.0807. The zero-order chi connectivity index (χ0) is 15.5. The molecule has 0 saturated carbocycles. The minimum Gasteiger partial charge on any atom is -0.392 e. The summed E-state index contributed by atoms with van der Waals surface area (Å²) in [6, 6.07) is 12.0. The van der Waals surface area contributed by atoms with Gasteiger partial charge in [-0.15, -0.1) is 0 Å². The summed E-state index contributed by atoms with van der Waals surface area (Å²) in [6.07, 6.45) is 0. The maximum Gasteiger partial charge on any atom is 0.243 e. The van der Waals surface area contributed by atoms with Crippen LogP contribution in [0.1, 0.15) is 11.1 Å². The predicted octanol–water partition coefficient (Wildman–Crippen LogP) is 2.14. The van der Waals surface area contributed by atoms with Crippen molar-refractivity contribution in [3.63, 3.8) is 0 Å². The van der Waals surface area contributed by atoms with Crippen molar-refractivity contribution in [3.8, 4) is 0 Å². The largest absolute Gasteiger partial charge is 0.392 e. The van der Waals surface area contributed by atoms with E-state index in [9.17, 15) is 17.9 Å². The van der Waals surface area contributed by atoms with Gasteiger partial charge in [-0.2, -0.15) is 4.31 Å². The summed E-state index contributed by atoms with van der Waals surface area (Å²) in [6.45, 7) is -0.220. The van der Waals surface area contributed by atoms with E-state index in [2.05, 4.69) is 0 Å². The average molecular weight is 309 g/mol. The Bertz CT molecular complexity index is 714. The zero-order valence-electron chi connectivity index (χ0n) is 11.5. The third-order valence-corrected chi connectivity index (χ3v) is 5.05. The van der Waals surface area contributed by atoms with E-state index in [1.165, 1.54) is 29.6 Å².